The number of fused-ring (bicyclic) bond motifs is 1. The Balaban J connectivity index is 2.01. The molecular weight excluding hydrogens is 298 g/mol. The standard InChI is InChI=1S/C21H23NO2/c1-4-24-20-12-8-7-11-17(20)19(23)13-18-16-10-6-5-9-15(16)14-21(2,3)22-18/h5-13,22H,4,14H2,1-3H3/b18-13-. The lowest BCUT2D eigenvalue weighted by Gasteiger charge is -2.35. The van der Waals surface area contributed by atoms with Crippen LogP contribution in [0.15, 0.2) is 54.6 Å². The van der Waals surface area contributed by atoms with Crippen molar-refractivity contribution in [3.05, 3.63) is 71.3 Å². The molecule has 24 heavy (non-hydrogen) atoms. The maximum atomic E-state index is 12.8. The van der Waals surface area contributed by atoms with E-state index in [1.807, 2.05) is 43.3 Å². The molecule has 1 N–H and O–H groups in total. The van der Waals surface area contributed by atoms with Crippen molar-refractivity contribution in [2.45, 2.75) is 32.7 Å². The zero-order chi connectivity index (χ0) is 17.2. The van der Waals surface area contributed by atoms with E-state index >= 15 is 0 Å². The number of rotatable bonds is 4. The molecule has 0 unspecified atom stereocenters. The van der Waals surface area contributed by atoms with Gasteiger partial charge in [0.25, 0.3) is 0 Å². The molecule has 0 atom stereocenters. The Hall–Kier alpha value is -2.55. The van der Waals surface area contributed by atoms with Crippen molar-refractivity contribution < 1.29 is 9.53 Å². The molecular formula is C21H23NO2. The van der Waals surface area contributed by atoms with Gasteiger partial charge >= 0.3 is 0 Å². The topological polar surface area (TPSA) is 38.3 Å². The van der Waals surface area contributed by atoms with Gasteiger partial charge in [-0.1, -0.05) is 36.4 Å². The van der Waals surface area contributed by atoms with Crippen LogP contribution in [-0.4, -0.2) is 17.9 Å². The second kappa shape index (κ2) is 6.52. The number of nitrogens with one attached hydrogen (secondary N) is 1. The number of benzene rings is 2. The molecule has 1 aliphatic heterocycles. The van der Waals surface area contributed by atoms with E-state index < -0.39 is 0 Å². The highest BCUT2D eigenvalue weighted by atomic mass is 16.5. The summed E-state index contributed by atoms with van der Waals surface area (Å²) in [6, 6.07) is 15.6. The molecule has 0 saturated heterocycles. The minimum absolute atomic E-state index is 0.0472. The molecule has 0 spiro atoms. The van der Waals surface area contributed by atoms with E-state index in [9.17, 15) is 4.79 Å². The second-order valence-electron chi connectivity index (χ2n) is 6.69. The van der Waals surface area contributed by atoms with Crippen molar-refractivity contribution in [1.29, 1.82) is 0 Å². The molecule has 0 aromatic heterocycles. The molecule has 0 amide bonds. The Bertz CT molecular complexity index is 790. The third kappa shape index (κ3) is 3.35. The fourth-order valence-corrected chi connectivity index (χ4v) is 3.16. The van der Waals surface area contributed by atoms with E-state index in [2.05, 4.69) is 31.3 Å². The molecule has 0 radical (unpaired) electrons. The zero-order valence-corrected chi connectivity index (χ0v) is 14.4. The summed E-state index contributed by atoms with van der Waals surface area (Å²) in [5.41, 5.74) is 3.74. The highest BCUT2D eigenvalue weighted by Gasteiger charge is 2.27. The highest BCUT2D eigenvalue weighted by molar-refractivity contribution is 6.10. The first-order chi connectivity index (χ1) is 11.5. The van der Waals surface area contributed by atoms with Crippen LogP contribution in [0.4, 0.5) is 0 Å². The Kier molecular flexibility index (Phi) is 4.43. The fourth-order valence-electron chi connectivity index (χ4n) is 3.16. The van der Waals surface area contributed by atoms with Gasteiger partial charge in [0, 0.05) is 22.9 Å². The molecule has 3 nitrogen and oxygen atoms in total. The van der Waals surface area contributed by atoms with Gasteiger partial charge in [0.1, 0.15) is 5.75 Å². The number of hydrogen-bond acceptors (Lipinski definition) is 3. The third-order valence-electron chi connectivity index (χ3n) is 4.14. The van der Waals surface area contributed by atoms with Crippen molar-refractivity contribution >= 4 is 11.5 Å². The molecule has 3 rings (SSSR count). The van der Waals surface area contributed by atoms with Crippen molar-refractivity contribution in [3.63, 3.8) is 0 Å². The second-order valence-corrected chi connectivity index (χ2v) is 6.69. The van der Waals surface area contributed by atoms with Crippen LogP contribution in [0.25, 0.3) is 5.70 Å². The molecule has 3 heteroatoms. The summed E-state index contributed by atoms with van der Waals surface area (Å²) in [7, 11) is 0. The van der Waals surface area contributed by atoms with E-state index in [0.717, 1.165) is 17.7 Å². The summed E-state index contributed by atoms with van der Waals surface area (Å²) in [5.74, 6) is 0.583. The van der Waals surface area contributed by atoms with Crippen molar-refractivity contribution in [1.82, 2.24) is 5.32 Å². The molecule has 0 bridgehead atoms. The van der Waals surface area contributed by atoms with Crippen molar-refractivity contribution in [2.24, 2.45) is 0 Å². The number of ketones is 1. The van der Waals surface area contributed by atoms with Gasteiger partial charge in [0.15, 0.2) is 5.78 Å². The summed E-state index contributed by atoms with van der Waals surface area (Å²) in [4.78, 5) is 12.8. The molecule has 0 fully saturated rings. The van der Waals surface area contributed by atoms with Crippen LogP contribution >= 0.6 is 0 Å². The number of allylic oxidation sites excluding steroid dienone is 1. The molecule has 0 saturated carbocycles. The van der Waals surface area contributed by atoms with Gasteiger partial charge in [-0.3, -0.25) is 4.79 Å². The zero-order valence-electron chi connectivity index (χ0n) is 14.4. The van der Waals surface area contributed by atoms with Crippen LogP contribution < -0.4 is 10.1 Å². The first-order valence-electron chi connectivity index (χ1n) is 8.34. The minimum Gasteiger partial charge on any atom is -0.493 e. The first kappa shape index (κ1) is 16.3. The Morgan fingerprint density at radius 3 is 2.67 bits per heavy atom. The Morgan fingerprint density at radius 2 is 1.88 bits per heavy atom. The maximum Gasteiger partial charge on any atom is 0.191 e. The summed E-state index contributed by atoms with van der Waals surface area (Å²) < 4.78 is 5.59. The average Bonchev–Trinajstić information content (AvgIpc) is 2.54. The predicted molar refractivity (Wildman–Crippen MR) is 97.3 cm³/mol. The molecule has 1 heterocycles. The lowest BCUT2D eigenvalue weighted by molar-refractivity contribution is 0.104. The SMILES string of the molecule is CCOc1ccccc1C(=O)/C=C1\NC(C)(C)Cc2ccccc21. The van der Waals surface area contributed by atoms with Crippen molar-refractivity contribution in [3.8, 4) is 5.75 Å². The van der Waals surface area contributed by atoms with Gasteiger partial charge in [0.05, 0.1) is 12.2 Å². The summed E-state index contributed by atoms with van der Waals surface area (Å²) in [6.45, 7) is 6.75. The van der Waals surface area contributed by atoms with E-state index in [-0.39, 0.29) is 11.3 Å². The van der Waals surface area contributed by atoms with Gasteiger partial charge in [-0.25, -0.2) is 0 Å². The number of carbonyl (C=O) groups excluding carboxylic acids is 1. The van der Waals surface area contributed by atoms with Crippen LogP contribution in [0.1, 0.15) is 42.3 Å². The van der Waals surface area contributed by atoms with Crippen LogP contribution in [0.2, 0.25) is 0 Å². The molecule has 2 aromatic rings. The number of para-hydroxylation sites is 1. The smallest absolute Gasteiger partial charge is 0.191 e. The molecule has 2 aromatic carbocycles. The molecule has 1 aliphatic rings. The first-order valence-corrected chi connectivity index (χ1v) is 8.34. The van der Waals surface area contributed by atoms with E-state index in [4.69, 9.17) is 4.74 Å². The Morgan fingerprint density at radius 1 is 1.17 bits per heavy atom. The van der Waals surface area contributed by atoms with E-state index in [1.165, 1.54) is 5.56 Å². The van der Waals surface area contributed by atoms with Crippen LogP contribution in [0, 0.1) is 0 Å². The summed E-state index contributed by atoms with van der Waals surface area (Å²) in [5, 5.41) is 3.50. The summed E-state index contributed by atoms with van der Waals surface area (Å²) in [6.07, 6.45) is 2.63. The van der Waals surface area contributed by atoms with E-state index in [1.54, 1.807) is 6.08 Å². The lowest BCUT2D eigenvalue weighted by atomic mass is 9.85. The van der Waals surface area contributed by atoms with Crippen molar-refractivity contribution in [2.75, 3.05) is 6.61 Å². The Labute approximate surface area is 143 Å². The van der Waals surface area contributed by atoms with Crippen LogP contribution in [0.5, 0.6) is 5.75 Å². The van der Waals surface area contributed by atoms with Gasteiger partial charge in [-0.15, -0.1) is 0 Å². The normalized spacial score (nSPS) is 17.0. The third-order valence-corrected chi connectivity index (χ3v) is 4.14. The number of carbonyl (C=O) groups is 1. The van der Waals surface area contributed by atoms with E-state index in [0.29, 0.717) is 17.9 Å². The lowest BCUT2D eigenvalue weighted by Crippen LogP contribution is -2.43. The van der Waals surface area contributed by atoms with Gasteiger partial charge < -0.3 is 10.1 Å². The molecule has 124 valence electrons. The van der Waals surface area contributed by atoms with Gasteiger partial charge in [0.2, 0.25) is 0 Å². The maximum absolute atomic E-state index is 12.8. The number of hydrogen-bond donors (Lipinski definition) is 1. The van der Waals surface area contributed by atoms with Gasteiger partial charge in [-0.05, 0) is 44.9 Å². The molecule has 0 aliphatic carbocycles. The number of ether oxygens (including phenoxy) is 1. The minimum atomic E-state index is -0.0834. The van der Waals surface area contributed by atoms with Gasteiger partial charge in [-0.2, -0.15) is 0 Å². The monoisotopic (exact) mass is 321 g/mol. The fraction of sp³-hybridized carbons (Fsp3) is 0.286. The van der Waals surface area contributed by atoms with Crippen LogP contribution in [0.3, 0.4) is 0 Å². The average molecular weight is 321 g/mol. The summed E-state index contributed by atoms with van der Waals surface area (Å²) >= 11 is 0. The highest BCUT2D eigenvalue weighted by Crippen LogP contribution is 2.30. The quantitative estimate of drug-likeness (QED) is 0.676. The largest absolute Gasteiger partial charge is 0.493 e. The van der Waals surface area contributed by atoms with Crippen LogP contribution in [-0.2, 0) is 6.42 Å². The predicted octanol–water partition coefficient (Wildman–Crippen LogP) is 4.23.